The van der Waals surface area contributed by atoms with Gasteiger partial charge in [0.05, 0.1) is 15.6 Å². The number of halogens is 2. The van der Waals surface area contributed by atoms with Crippen molar-refractivity contribution in [2.45, 2.75) is 6.92 Å². The molecule has 2 aromatic carbocycles. The van der Waals surface area contributed by atoms with Gasteiger partial charge in [0.2, 0.25) is 0 Å². The number of aromatic carboxylic acids is 1. The number of aryl methyl sites for hydroxylation is 1. The Hall–Kier alpha value is -2.39. The third-order valence-electron chi connectivity index (χ3n) is 2.82. The van der Waals surface area contributed by atoms with Crippen LogP contribution in [-0.4, -0.2) is 11.1 Å². The molecule has 0 saturated carbocycles. The lowest BCUT2D eigenvalue weighted by atomic mass is 10.1. The molecule has 0 aromatic heterocycles. The van der Waals surface area contributed by atoms with Crippen molar-refractivity contribution in [1.29, 1.82) is 5.26 Å². The Kier molecular flexibility index (Phi) is 4.24. The molecule has 4 nitrogen and oxygen atoms in total. The van der Waals surface area contributed by atoms with Crippen molar-refractivity contribution in [1.82, 2.24) is 0 Å². The van der Waals surface area contributed by atoms with Crippen molar-refractivity contribution < 1.29 is 19.0 Å². The molecule has 0 bridgehead atoms. The second-order valence-corrected chi connectivity index (χ2v) is 5.03. The number of benzene rings is 2. The molecule has 6 heteroatoms. The lowest BCUT2D eigenvalue weighted by molar-refractivity contribution is 0.0696. The summed E-state index contributed by atoms with van der Waals surface area (Å²) in [5.41, 5.74) is 0.828. The summed E-state index contributed by atoms with van der Waals surface area (Å²) in [6.07, 6.45) is 0. The molecule has 0 heterocycles. The number of nitrogens with zero attached hydrogens (tertiary/aromatic N) is 1. The van der Waals surface area contributed by atoms with E-state index in [1.807, 2.05) is 6.07 Å². The van der Waals surface area contributed by atoms with E-state index in [0.29, 0.717) is 11.3 Å². The van der Waals surface area contributed by atoms with Crippen molar-refractivity contribution in [3.63, 3.8) is 0 Å². The van der Waals surface area contributed by atoms with E-state index in [2.05, 4.69) is 15.9 Å². The normalized spacial score (nSPS) is 10.0. The van der Waals surface area contributed by atoms with Gasteiger partial charge in [-0.1, -0.05) is 0 Å². The summed E-state index contributed by atoms with van der Waals surface area (Å²) >= 11 is 2.99. The first-order chi connectivity index (χ1) is 9.93. The first-order valence-electron chi connectivity index (χ1n) is 5.84. The molecule has 0 atom stereocenters. The molecule has 1 N–H and O–H groups in total. The smallest absolute Gasteiger partial charge is 0.335 e. The lowest BCUT2D eigenvalue weighted by Gasteiger charge is -2.10. The van der Waals surface area contributed by atoms with Gasteiger partial charge in [-0.2, -0.15) is 5.26 Å². The summed E-state index contributed by atoms with van der Waals surface area (Å²) in [5, 5.41) is 17.7. The number of hydrogen-bond acceptors (Lipinski definition) is 3. The van der Waals surface area contributed by atoms with Crippen LogP contribution in [0.15, 0.2) is 34.8 Å². The first kappa shape index (κ1) is 15.0. The minimum atomic E-state index is -1.04. The predicted octanol–water partition coefficient (Wildman–Crippen LogP) is 4.26. The highest BCUT2D eigenvalue weighted by Crippen LogP contribution is 2.32. The van der Waals surface area contributed by atoms with Gasteiger partial charge < -0.3 is 9.84 Å². The van der Waals surface area contributed by atoms with Gasteiger partial charge in [0.1, 0.15) is 11.8 Å². The van der Waals surface area contributed by atoms with Gasteiger partial charge in [-0.05, 0) is 58.7 Å². The number of carboxylic acid groups (broad SMARTS) is 1. The monoisotopic (exact) mass is 349 g/mol. The summed E-state index contributed by atoms with van der Waals surface area (Å²) < 4.78 is 19.5. The van der Waals surface area contributed by atoms with Crippen LogP contribution in [0.4, 0.5) is 4.39 Å². The summed E-state index contributed by atoms with van der Waals surface area (Å²) in [5.74, 6) is -1.46. The zero-order chi connectivity index (χ0) is 15.6. The zero-order valence-corrected chi connectivity index (χ0v) is 12.4. The topological polar surface area (TPSA) is 70.3 Å². The van der Waals surface area contributed by atoms with E-state index in [9.17, 15) is 9.18 Å². The first-order valence-corrected chi connectivity index (χ1v) is 6.63. The third-order valence-corrected chi connectivity index (χ3v) is 3.60. The van der Waals surface area contributed by atoms with Crippen molar-refractivity contribution in [3.05, 3.63) is 57.3 Å². The van der Waals surface area contributed by atoms with E-state index in [1.54, 1.807) is 6.92 Å². The molecule has 0 saturated heterocycles. The van der Waals surface area contributed by atoms with Crippen LogP contribution < -0.4 is 4.74 Å². The van der Waals surface area contributed by atoms with E-state index in [4.69, 9.17) is 15.1 Å². The Morgan fingerprint density at radius 3 is 2.67 bits per heavy atom. The van der Waals surface area contributed by atoms with Crippen LogP contribution in [-0.2, 0) is 0 Å². The Labute approximate surface area is 128 Å². The molecule has 0 aliphatic carbocycles. The molecular formula is C15H9BrFNO3. The van der Waals surface area contributed by atoms with Gasteiger partial charge in [0, 0.05) is 0 Å². The van der Waals surface area contributed by atoms with Crippen molar-refractivity contribution in [2.24, 2.45) is 0 Å². The number of carboxylic acids is 1. The number of hydrogen-bond donors (Lipinski definition) is 1. The summed E-state index contributed by atoms with van der Waals surface area (Å²) in [7, 11) is 0. The van der Waals surface area contributed by atoms with Crippen LogP contribution >= 0.6 is 15.9 Å². The Bertz CT molecular complexity index is 768. The fourth-order valence-electron chi connectivity index (χ4n) is 1.76. The van der Waals surface area contributed by atoms with E-state index >= 15 is 0 Å². The van der Waals surface area contributed by atoms with Crippen molar-refractivity contribution in [2.75, 3.05) is 0 Å². The molecule has 0 amide bonds. The number of ether oxygens (including phenoxy) is 1. The maximum absolute atomic E-state index is 14.0. The van der Waals surface area contributed by atoms with Gasteiger partial charge in [0.15, 0.2) is 11.6 Å². The second kappa shape index (κ2) is 5.94. The van der Waals surface area contributed by atoms with Crippen molar-refractivity contribution in [3.8, 4) is 17.6 Å². The van der Waals surface area contributed by atoms with E-state index in [-0.39, 0.29) is 21.3 Å². The van der Waals surface area contributed by atoms with E-state index < -0.39 is 11.8 Å². The van der Waals surface area contributed by atoms with Crippen molar-refractivity contribution >= 4 is 21.9 Å². The average molecular weight is 350 g/mol. The summed E-state index contributed by atoms with van der Waals surface area (Å²) in [6, 6.07) is 8.97. The standard InChI is InChI=1S/C15H9BrFNO3/c1-8-6-10(3-4-11(8)15(19)20)21-12-5-2-9(7-18)13(16)14(12)17/h2-6H,1H3,(H,19,20). The fourth-order valence-corrected chi connectivity index (χ4v) is 2.18. The number of rotatable bonds is 3. The predicted molar refractivity (Wildman–Crippen MR) is 77.0 cm³/mol. The molecule has 0 fully saturated rings. The minimum absolute atomic E-state index is 0.0291. The molecular weight excluding hydrogens is 341 g/mol. The fraction of sp³-hybridized carbons (Fsp3) is 0.0667. The summed E-state index contributed by atoms with van der Waals surface area (Å²) in [6.45, 7) is 1.63. The molecule has 21 heavy (non-hydrogen) atoms. The number of carbonyl (C=O) groups is 1. The van der Waals surface area contributed by atoms with Crippen LogP contribution in [0.2, 0.25) is 0 Å². The lowest BCUT2D eigenvalue weighted by Crippen LogP contribution is -2.00. The van der Waals surface area contributed by atoms with Gasteiger partial charge in [0.25, 0.3) is 0 Å². The average Bonchev–Trinajstić information content (AvgIpc) is 2.44. The Morgan fingerprint density at radius 1 is 1.38 bits per heavy atom. The molecule has 0 radical (unpaired) electrons. The quantitative estimate of drug-likeness (QED) is 0.898. The summed E-state index contributed by atoms with van der Waals surface area (Å²) in [4.78, 5) is 10.9. The third kappa shape index (κ3) is 3.03. The molecule has 2 rings (SSSR count). The highest BCUT2D eigenvalue weighted by molar-refractivity contribution is 9.10. The van der Waals surface area contributed by atoms with E-state index in [0.717, 1.165) is 0 Å². The molecule has 0 aliphatic heterocycles. The molecule has 0 unspecified atom stereocenters. The molecule has 0 aliphatic rings. The van der Waals surface area contributed by atoms with Gasteiger partial charge >= 0.3 is 5.97 Å². The largest absolute Gasteiger partial charge is 0.478 e. The van der Waals surface area contributed by atoms with E-state index in [1.165, 1.54) is 30.3 Å². The molecule has 106 valence electrons. The van der Waals surface area contributed by atoms with Crippen LogP contribution in [0.1, 0.15) is 21.5 Å². The Morgan fingerprint density at radius 2 is 2.10 bits per heavy atom. The second-order valence-electron chi connectivity index (χ2n) is 4.23. The highest BCUT2D eigenvalue weighted by Gasteiger charge is 2.14. The zero-order valence-electron chi connectivity index (χ0n) is 10.9. The number of nitriles is 1. The molecule has 2 aromatic rings. The van der Waals surface area contributed by atoms with Gasteiger partial charge in [-0.15, -0.1) is 0 Å². The minimum Gasteiger partial charge on any atom is -0.478 e. The Balaban J connectivity index is 2.35. The highest BCUT2D eigenvalue weighted by atomic mass is 79.9. The van der Waals surface area contributed by atoms with Crippen LogP contribution in [0, 0.1) is 24.1 Å². The van der Waals surface area contributed by atoms with Crippen LogP contribution in [0.25, 0.3) is 0 Å². The maximum Gasteiger partial charge on any atom is 0.335 e. The van der Waals surface area contributed by atoms with Gasteiger partial charge in [-0.25, -0.2) is 9.18 Å². The SMILES string of the molecule is Cc1cc(Oc2ccc(C#N)c(Br)c2F)ccc1C(=O)O. The molecule has 0 spiro atoms. The van der Waals surface area contributed by atoms with Gasteiger partial charge in [-0.3, -0.25) is 0 Å². The van der Waals surface area contributed by atoms with Crippen LogP contribution in [0.3, 0.4) is 0 Å². The maximum atomic E-state index is 14.0. The van der Waals surface area contributed by atoms with Crippen LogP contribution in [0.5, 0.6) is 11.5 Å².